The van der Waals surface area contributed by atoms with Gasteiger partial charge in [-0.1, -0.05) is 12.1 Å². The molecule has 0 radical (unpaired) electrons. The van der Waals surface area contributed by atoms with E-state index in [-0.39, 0.29) is 19.1 Å². The normalized spacial score (nSPS) is 13.3. The van der Waals surface area contributed by atoms with Gasteiger partial charge in [-0.3, -0.25) is 4.79 Å². The Morgan fingerprint density at radius 3 is 2.65 bits per heavy atom. The average molecular weight is 360 g/mol. The van der Waals surface area contributed by atoms with E-state index < -0.39 is 12.1 Å². The van der Waals surface area contributed by atoms with E-state index in [1.54, 1.807) is 25.3 Å². The molecule has 26 heavy (non-hydrogen) atoms. The standard InChI is InChI=1S/C20H28N2O4/c1-13-7-8-14(2)19(15(13)3)26-12-17(23)10-21-16(4)20(24)22-11-18-6-5-9-25-18/h5-9,16-17,21,23H,10-12H2,1-4H3,(H,22,24). The zero-order valence-corrected chi connectivity index (χ0v) is 15.8. The predicted octanol–water partition coefficient (Wildman–Crippen LogP) is 2.24. The zero-order valence-electron chi connectivity index (χ0n) is 15.8. The number of aliphatic hydroxyl groups is 1. The Hall–Kier alpha value is -2.31. The van der Waals surface area contributed by atoms with Gasteiger partial charge in [-0.15, -0.1) is 0 Å². The van der Waals surface area contributed by atoms with Crippen LogP contribution >= 0.6 is 0 Å². The fraction of sp³-hybridized carbons (Fsp3) is 0.450. The molecule has 3 N–H and O–H groups in total. The quantitative estimate of drug-likeness (QED) is 0.639. The van der Waals surface area contributed by atoms with E-state index in [2.05, 4.69) is 16.7 Å². The number of rotatable bonds is 9. The Balaban J connectivity index is 1.73. The number of hydrogen-bond acceptors (Lipinski definition) is 5. The van der Waals surface area contributed by atoms with Crippen LogP contribution in [0.4, 0.5) is 0 Å². The monoisotopic (exact) mass is 360 g/mol. The van der Waals surface area contributed by atoms with Gasteiger partial charge in [0.25, 0.3) is 0 Å². The van der Waals surface area contributed by atoms with Crippen molar-refractivity contribution in [3.8, 4) is 5.75 Å². The molecule has 142 valence electrons. The summed E-state index contributed by atoms with van der Waals surface area (Å²) in [5.74, 6) is 1.36. The lowest BCUT2D eigenvalue weighted by Gasteiger charge is -2.19. The maximum atomic E-state index is 12.0. The number of furan rings is 1. The van der Waals surface area contributed by atoms with E-state index in [1.807, 2.05) is 26.8 Å². The molecule has 1 heterocycles. The topological polar surface area (TPSA) is 83.7 Å². The highest BCUT2D eigenvalue weighted by Gasteiger charge is 2.15. The van der Waals surface area contributed by atoms with Crippen molar-refractivity contribution in [2.45, 2.75) is 46.4 Å². The summed E-state index contributed by atoms with van der Waals surface area (Å²) < 4.78 is 11.0. The number of aliphatic hydroxyl groups excluding tert-OH is 1. The SMILES string of the molecule is Cc1ccc(C)c(OCC(O)CNC(C)C(=O)NCc2ccco2)c1C. The van der Waals surface area contributed by atoms with Crippen LogP contribution in [0.2, 0.25) is 0 Å². The highest BCUT2D eigenvalue weighted by atomic mass is 16.5. The van der Waals surface area contributed by atoms with Crippen molar-refractivity contribution in [3.63, 3.8) is 0 Å². The van der Waals surface area contributed by atoms with E-state index in [0.29, 0.717) is 12.3 Å². The molecule has 6 nitrogen and oxygen atoms in total. The fourth-order valence-corrected chi connectivity index (χ4v) is 2.53. The van der Waals surface area contributed by atoms with E-state index in [4.69, 9.17) is 9.15 Å². The highest BCUT2D eigenvalue weighted by molar-refractivity contribution is 5.81. The molecule has 0 aliphatic rings. The first-order valence-electron chi connectivity index (χ1n) is 8.79. The van der Waals surface area contributed by atoms with Gasteiger partial charge >= 0.3 is 0 Å². The number of hydrogen-bond donors (Lipinski definition) is 3. The number of ether oxygens (including phenoxy) is 1. The predicted molar refractivity (Wildman–Crippen MR) is 100 cm³/mol. The third-order valence-corrected chi connectivity index (χ3v) is 4.36. The van der Waals surface area contributed by atoms with Crippen molar-refractivity contribution in [3.05, 3.63) is 53.0 Å². The van der Waals surface area contributed by atoms with Gasteiger partial charge in [-0.2, -0.15) is 0 Å². The molecule has 2 aromatic rings. The lowest BCUT2D eigenvalue weighted by atomic mass is 10.1. The molecule has 0 saturated carbocycles. The highest BCUT2D eigenvalue weighted by Crippen LogP contribution is 2.25. The molecule has 0 fully saturated rings. The Morgan fingerprint density at radius 1 is 1.23 bits per heavy atom. The van der Waals surface area contributed by atoms with Crippen molar-refractivity contribution >= 4 is 5.91 Å². The smallest absolute Gasteiger partial charge is 0.237 e. The fourth-order valence-electron chi connectivity index (χ4n) is 2.53. The maximum absolute atomic E-state index is 12.0. The zero-order chi connectivity index (χ0) is 19.1. The van der Waals surface area contributed by atoms with Crippen molar-refractivity contribution in [2.24, 2.45) is 0 Å². The second-order valence-corrected chi connectivity index (χ2v) is 6.55. The third-order valence-electron chi connectivity index (χ3n) is 4.36. The van der Waals surface area contributed by atoms with Crippen LogP contribution in [0.25, 0.3) is 0 Å². The Kier molecular flexibility index (Phi) is 7.24. The van der Waals surface area contributed by atoms with Crippen LogP contribution in [-0.4, -0.2) is 36.3 Å². The summed E-state index contributed by atoms with van der Waals surface area (Å²) >= 11 is 0. The van der Waals surface area contributed by atoms with Crippen LogP contribution in [0, 0.1) is 20.8 Å². The largest absolute Gasteiger partial charge is 0.490 e. The summed E-state index contributed by atoms with van der Waals surface area (Å²) in [7, 11) is 0. The van der Waals surface area contributed by atoms with Crippen LogP contribution in [0.3, 0.4) is 0 Å². The third kappa shape index (κ3) is 5.61. The van der Waals surface area contributed by atoms with Crippen molar-refractivity contribution in [1.82, 2.24) is 10.6 Å². The Labute approximate surface area is 154 Å². The molecule has 0 aliphatic heterocycles. The lowest BCUT2D eigenvalue weighted by molar-refractivity contribution is -0.123. The number of aryl methyl sites for hydroxylation is 2. The second kappa shape index (κ2) is 9.40. The van der Waals surface area contributed by atoms with Crippen molar-refractivity contribution in [1.29, 1.82) is 0 Å². The Morgan fingerprint density at radius 2 is 1.96 bits per heavy atom. The van der Waals surface area contributed by atoms with Gasteiger partial charge < -0.3 is 24.9 Å². The van der Waals surface area contributed by atoms with Gasteiger partial charge in [0.2, 0.25) is 5.91 Å². The molecular weight excluding hydrogens is 332 g/mol. The summed E-state index contributed by atoms with van der Waals surface area (Å²) in [5, 5.41) is 15.9. The molecule has 1 amide bonds. The number of nitrogens with one attached hydrogen (secondary N) is 2. The summed E-state index contributed by atoms with van der Waals surface area (Å²) in [5.41, 5.74) is 3.27. The van der Waals surface area contributed by atoms with Gasteiger partial charge in [-0.25, -0.2) is 0 Å². The van der Waals surface area contributed by atoms with E-state index in [1.165, 1.54) is 0 Å². The van der Waals surface area contributed by atoms with Crippen LogP contribution in [0.1, 0.15) is 29.4 Å². The van der Waals surface area contributed by atoms with Crippen LogP contribution in [-0.2, 0) is 11.3 Å². The molecule has 0 saturated heterocycles. The van der Waals surface area contributed by atoms with Gasteiger partial charge in [0, 0.05) is 6.54 Å². The van der Waals surface area contributed by atoms with Crippen molar-refractivity contribution in [2.75, 3.05) is 13.2 Å². The van der Waals surface area contributed by atoms with Crippen LogP contribution < -0.4 is 15.4 Å². The number of carbonyl (C=O) groups excluding carboxylic acids is 1. The molecular formula is C20H28N2O4. The lowest BCUT2D eigenvalue weighted by Crippen LogP contribution is -2.45. The summed E-state index contributed by atoms with van der Waals surface area (Å²) in [6.45, 7) is 8.54. The molecule has 0 spiro atoms. The maximum Gasteiger partial charge on any atom is 0.237 e. The summed E-state index contributed by atoms with van der Waals surface area (Å²) in [4.78, 5) is 12.0. The average Bonchev–Trinajstić information content (AvgIpc) is 3.14. The van der Waals surface area contributed by atoms with E-state index in [9.17, 15) is 9.90 Å². The number of carbonyl (C=O) groups is 1. The minimum atomic E-state index is -0.713. The summed E-state index contributed by atoms with van der Waals surface area (Å²) in [6, 6.07) is 7.21. The van der Waals surface area contributed by atoms with Gasteiger partial charge in [0.1, 0.15) is 24.2 Å². The van der Waals surface area contributed by atoms with Gasteiger partial charge in [0.05, 0.1) is 18.8 Å². The first-order valence-corrected chi connectivity index (χ1v) is 8.79. The second-order valence-electron chi connectivity index (χ2n) is 6.55. The first kappa shape index (κ1) is 20.0. The van der Waals surface area contributed by atoms with Crippen molar-refractivity contribution < 1.29 is 19.1 Å². The van der Waals surface area contributed by atoms with E-state index in [0.717, 1.165) is 22.4 Å². The number of benzene rings is 1. The molecule has 1 aromatic carbocycles. The Bertz CT molecular complexity index is 713. The van der Waals surface area contributed by atoms with Gasteiger partial charge in [0.15, 0.2) is 0 Å². The van der Waals surface area contributed by atoms with Gasteiger partial charge in [-0.05, 0) is 56.5 Å². The molecule has 2 unspecified atom stereocenters. The molecule has 0 aliphatic carbocycles. The minimum absolute atomic E-state index is 0.153. The molecule has 2 atom stereocenters. The molecule has 6 heteroatoms. The van der Waals surface area contributed by atoms with Crippen LogP contribution in [0.15, 0.2) is 34.9 Å². The van der Waals surface area contributed by atoms with E-state index >= 15 is 0 Å². The number of amides is 1. The molecule has 2 rings (SSSR count). The minimum Gasteiger partial charge on any atom is -0.490 e. The first-order chi connectivity index (χ1) is 12.4. The molecule has 0 bridgehead atoms. The summed E-state index contributed by atoms with van der Waals surface area (Å²) in [6.07, 6.45) is 0.853. The molecule has 1 aromatic heterocycles. The van der Waals surface area contributed by atoms with Crippen LogP contribution in [0.5, 0.6) is 5.75 Å².